The predicted octanol–water partition coefficient (Wildman–Crippen LogP) is 3.99. The largest absolute Gasteiger partial charge is 0.357 e. The summed E-state index contributed by atoms with van der Waals surface area (Å²) in [6.07, 6.45) is 0. The van der Waals surface area contributed by atoms with Gasteiger partial charge in [-0.05, 0) is 24.3 Å². The molecule has 0 aromatic heterocycles. The highest BCUT2D eigenvalue weighted by molar-refractivity contribution is 6.02. The van der Waals surface area contributed by atoms with Crippen LogP contribution in [0.4, 0.5) is 26.3 Å². The molecule has 24 heavy (non-hydrogen) atoms. The normalized spacial score (nSPS) is 20.1. The van der Waals surface area contributed by atoms with Crippen LogP contribution < -0.4 is 0 Å². The van der Waals surface area contributed by atoms with Crippen LogP contribution in [-0.4, -0.2) is 18.3 Å². The smallest absolute Gasteiger partial charge is 0.344 e. The second-order valence-corrected chi connectivity index (χ2v) is 5.27. The number of halogens is 6. The number of epoxide rings is 1. The lowest BCUT2D eigenvalue weighted by Crippen LogP contribution is -2.43. The molecule has 2 aromatic rings. The molecule has 1 fully saturated rings. The second-order valence-electron chi connectivity index (χ2n) is 5.27. The molecule has 126 valence electrons. The first-order chi connectivity index (χ1) is 11.2. The zero-order chi connectivity index (χ0) is 17.7. The van der Waals surface area contributed by atoms with Gasteiger partial charge in [0.05, 0.1) is 12.2 Å². The molecule has 0 bridgehead atoms. The maximum Gasteiger partial charge on any atom is 0.344 e. The molecule has 3 rings (SSSR count). The topological polar surface area (TPSA) is 29.6 Å². The summed E-state index contributed by atoms with van der Waals surface area (Å²) in [6.45, 7) is -0.711. The molecule has 0 saturated carbocycles. The predicted molar refractivity (Wildman–Crippen MR) is 69.6 cm³/mol. The van der Waals surface area contributed by atoms with Gasteiger partial charge in [-0.25, -0.2) is 17.6 Å². The van der Waals surface area contributed by atoms with E-state index in [9.17, 15) is 31.1 Å². The van der Waals surface area contributed by atoms with Crippen molar-refractivity contribution in [1.82, 2.24) is 0 Å². The van der Waals surface area contributed by atoms with Gasteiger partial charge in [0.2, 0.25) is 5.78 Å². The zero-order valence-electron chi connectivity index (χ0n) is 11.8. The third kappa shape index (κ3) is 2.37. The number of Topliss-reactive ketones (excluding diaryl/α,β-unsaturated/α-hetero) is 1. The van der Waals surface area contributed by atoms with Gasteiger partial charge in [0.15, 0.2) is 5.60 Å². The highest BCUT2D eigenvalue weighted by Gasteiger charge is 2.70. The lowest BCUT2D eigenvalue weighted by Gasteiger charge is -2.23. The van der Waals surface area contributed by atoms with Gasteiger partial charge in [0, 0.05) is 17.7 Å². The van der Waals surface area contributed by atoms with Crippen molar-refractivity contribution in [3.05, 3.63) is 70.8 Å². The molecule has 8 heteroatoms. The van der Waals surface area contributed by atoms with Gasteiger partial charge in [-0.3, -0.25) is 4.79 Å². The van der Waals surface area contributed by atoms with E-state index < -0.39 is 58.3 Å². The minimum absolute atomic E-state index is 0.280. The Morgan fingerprint density at radius 1 is 0.958 bits per heavy atom. The van der Waals surface area contributed by atoms with Crippen molar-refractivity contribution in [2.24, 2.45) is 0 Å². The van der Waals surface area contributed by atoms with E-state index in [-0.39, 0.29) is 6.07 Å². The molecular weight excluding hydrogens is 338 g/mol. The average molecular weight is 346 g/mol. The highest BCUT2D eigenvalue weighted by atomic mass is 19.3. The van der Waals surface area contributed by atoms with Crippen LogP contribution >= 0.6 is 0 Å². The van der Waals surface area contributed by atoms with Crippen molar-refractivity contribution >= 4 is 5.78 Å². The summed E-state index contributed by atoms with van der Waals surface area (Å²) in [5.74, 6) is -11.2. The van der Waals surface area contributed by atoms with E-state index in [1.807, 2.05) is 0 Å². The Kier molecular flexibility index (Phi) is 3.67. The molecule has 0 amide bonds. The summed E-state index contributed by atoms with van der Waals surface area (Å²) in [5, 5.41) is 0. The van der Waals surface area contributed by atoms with Crippen molar-refractivity contribution in [2.45, 2.75) is 11.5 Å². The second kappa shape index (κ2) is 5.34. The van der Waals surface area contributed by atoms with E-state index in [2.05, 4.69) is 4.74 Å². The van der Waals surface area contributed by atoms with E-state index in [4.69, 9.17) is 0 Å². The fourth-order valence-electron chi connectivity index (χ4n) is 2.42. The number of hydrogen-bond acceptors (Lipinski definition) is 2. The molecular formula is C16H8F6O2. The third-order valence-corrected chi connectivity index (χ3v) is 3.77. The van der Waals surface area contributed by atoms with Gasteiger partial charge >= 0.3 is 5.92 Å². The molecule has 0 aliphatic carbocycles. The van der Waals surface area contributed by atoms with Crippen LogP contribution in [0.2, 0.25) is 0 Å². The average Bonchev–Trinajstić information content (AvgIpc) is 3.28. The molecule has 1 atom stereocenters. The minimum atomic E-state index is -4.34. The van der Waals surface area contributed by atoms with Gasteiger partial charge in [-0.1, -0.05) is 0 Å². The molecule has 1 heterocycles. The molecule has 1 aliphatic heterocycles. The minimum Gasteiger partial charge on any atom is -0.357 e. The van der Waals surface area contributed by atoms with E-state index >= 15 is 0 Å². The lowest BCUT2D eigenvalue weighted by molar-refractivity contribution is -0.0497. The number of benzene rings is 2. The van der Waals surface area contributed by atoms with E-state index in [0.29, 0.717) is 18.2 Å². The van der Waals surface area contributed by atoms with Gasteiger partial charge in [0.25, 0.3) is 0 Å². The van der Waals surface area contributed by atoms with Crippen LogP contribution in [0.25, 0.3) is 0 Å². The summed E-state index contributed by atoms with van der Waals surface area (Å²) in [6, 6.07) is 3.34. The van der Waals surface area contributed by atoms with Crippen LogP contribution in [0.1, 0.15) is 15.9 Å². The quantitative estimate of drug-likeness (QED) is 0.476. The summed E-state index contributed by atoms with van der Waals surface area (Å²) >= 11 is 0. The van der Waals surface area contributed by atoms with Crippen LogP contribution in [-0.2, 0) is 10.3 Å². The third-order valence-electron chi connectivity index (χ3n) is 3.77. The summed E-state index contributed by atoms with van der Waals surface area (Å²) in [7, 11) is 0. The molecule has 0 spiro atoms. The number of alkyl halides is 2. The Labute approximate surface area is 131 Å². The van der Waals surface area contributed by atoms with Crippen molar-refractivity contribution in [3.63, 3.8) is 0 Å². The van der Waals surface area contributed by atoms with Crippen molar-refractivity contribution in [3.8, 4) is 0 Å². The molecule has 0 N–H and O–H groups in total. The maximum atomic E-state index is 14.6. The first-order valence-electron chi connectivity index (χ1n) is 6.66. The molecule has 1 saturated heterocycles. The van der Waals surface area contributed by atoms with Crippen molar-refractivity contribution in [1.29, 1.82) is 0 Å². The molecule has 1 aliphatic rings. The monoisotopic (exact) mass is 346 g/mol. The van der Waals surface area contributed by atoms with Gasteiger partial charge < -0.3 is 4.74 Å². The Bertz CT molecular complexity index is 829. The van der Waals surface area contributed by atoms with E-state index in [0.717, 1.165) is 12.1 Å². The van der Waals surface area contributed by atoms with Gasteiger partial charge in [-0.2, -0.15) is 8.78 Å². The highest BCUT2D eigenvalue weighted by Crippen LogP contribution is 2.53. The summed E-state index contributed by atoms with van der Waals surface area (Å²) < 4.78 is 87.1. The number of carbonyl (C=O) groups is 1. The Morgan fingerprint density at radius 2 is 1.50 bits per heavy atom. The van der Waals surface area contributed by atoms with Gasteiger partial charge in [-0.15, -0.1) is 0 Å². The van der Waals surface area contributed by atoms with Crippen LogP contribution in [0, 0.1) is 23.3 Å². The summed E-state index contributed by atoms with van der Waals surface area (Å²) in [5.41, 5.74) is -4.42. The zero-order valence-corrected chi connectivity index (χ0v) is 11.8. The van der Waals surface area contributed by atoms with Crippen LogP contribution in [0.5, 0.6) is 0 Å². The first-order valence-corrected chi connectivity index (χ1v) is 6.66. The Hall–Kier alpha value is -2.35. The van der Waals surface area contributed by atoms with Crippen molar-refractivity contribution in [2.75, 3.05) is 6.61 Å². The first kappa shape index (κ1) is 16.5. The number of ether oxygens (including phenoxy) is 1. The fourth-order valence-corrected chi connectivity index (χ4v) is 2.42. The fraction of sp³-hybridized carbons (Fsp3) is 0.188. The SMILES string of the molecule is O=C(c1ccc(F)cc1F)C(F)(F)C1(c2ccc(F)cc2F)CO1. The van der Waals surface area contributed by atoms with Crippen LogP contribution in [0.15, 0.2) is 36.4 Å². The number of carbonyl (C=O) groups excluding carboxylic acids is 1. The molecule has 1 unspecified atom stereocenters. The summed E-state index contributed by atoms with van der Waals surface area (Å²) in [4.78, 5) is 12.0. The van der Waals surface area contributed by atoms with E-state index in [1.54, 1.807) is 0 Å². The standard InChI is InChI=1S/C16H8F6O2/c17-8-1-3-10(12(19)5-8)14(23)16(21,22)15(7-24-15)11-4-2-9(18)6-13(11)20/h1-6H,7H2. The number of rotatable bonds is 4. The van der Waals surface area contributed by atoms with Gasteiger partial charge in [0.1, 0.15) is 23.3 Å². The lowest BCUT2D eigenvalue weighted by atomic mass is 9.87. The van der Waals surface area contributed by atoms with Crippen LogP contribution in [0.3, 0.4) is 0 Å². The maximum absolute atomic E-state index is 14.6. The Balaban J connectivity index is 2.04. The Morgan fingerprint density at radius 3 is 2.00 bits per heavy atom. The molecule has 0 radical (unpaired) electrons. The molecule has 2 aromatic carbocycles. The van der Waals surface area contributed by atoms with E-state index in [1.165, 1.54) is 0 Å². The molecule has 2 nitrogen and oxygen atoms in total. The van der Waals surface area contributed by atoms with Crippen molar-refractivity contribution < 1.29 is 35.9 Å². The number of hydrogen-bond donors (Lipinski definition) is 0. The number of ketones is 1.